The van der Waals surface area contributed by atoms with E-state index in [1.807, 2.05) is 0 Å². The van der Waals surface area contributed by atoms with Gasteiger partial charge in [-0.15, -0.1) is 0 Å². The van der Waals surface area contributed by atoms with Gasteiger partial charge in [0.15, 0.2) is 0 Å². The van der Waals surface area contributed by atoms with E-state index in [0.29, 0.717) is 6.17 Å². The van der Waals surface area contributed by atoms with Gasteiger partial charge in [-0.05, 0) is 19.3 Å². The lowest BCUT2D eigenvalue weighted by molar-refractivity contribution is 0.146. The molecule has 0 saturated carbocycles. The van der Waals surface area contributed by atoms with Crippen molar-refractivity contribution in [2.24, 2.45) is 0 Å². The van der Waals surface area contributed by atoms with Crippen molar-refractivity contribution >= 4 is 0 Å². The summed E-state index contributed by atoms with van der Waals surface area (Å²) in [5, 5.41) is 0. The van der Waals surface area contributed by atoms with Crippen molar-refractivity contribution in [1.82, 2.24) is 9.80 Å². The summed E-state index contributed by atoms with van der Waals surface area (Å²) >= 11 is 0. The third-order valence-electron chi connectivity index (χ3n) is 3.33. The zero-order chi connectivity index (χ0) is 11.8. The van der Waals surface area contributed by atoms with Gasteiger partial charge in [0, 0.05) is 25.5 Å². The lowest BCUT2D eigenvalue weighted by atomic mass is 10.2. The van der Waals surface area contributed by atoms with Gasteiger partial charge in [0.1, 0.15) is 6.17 Å². The highest BCUT2D eigenvalue weighted by atomic mass is 15.4. The minimum absolute atomic E-state index is 0.626. The van der Waals surface area contributed by atoms with Gasteiger partial charge in [-0.3, -0.25) is 0 Å². The van der Waals surface area contributed by atoms with Gasteiger partial charge in [0.25, 0.3) is 0 Å². The van der Waals surface area contributed by atoms with E-state index in [1.54, 1.807) is 0 Å². The Hall–Kier alpha value is -0.660. The molecule has 94 valence electrons. The summed E-state index contributed by atoms with van der Waals surface area (Å²) in [5.74, 6) is 0. The molecule has 0 fully saturated rings. The van der Waals surface area contributed by atoms with E-state index < -0.39 is 0 Å². The van der Waals surface area contributed by atoms with Gasteiger partial charge in [-0.25, -0.2) is 0 Å². The standard InChI is InChI=1S/C14H28N2/c1-4-7-8-9-11-16-13-12-15(10-5-2)14(16)6-3/h12-14H,4-11H2,1-3H3. The van der Waals surface area contributed by atoms with Gasteiger partial charge >= 0.3 is 0 Å². The van der Waals surface area contributed by atoms with Crippen molar-refractivity contribution in [3.05, 3.63) is 12.4 Å². The van der Waals surface area contributed by atoms with Crippen LogP contribution >= 0.6 is 0 Å². The summed E-state index contributed by atoms with van der Waals surface area (Å²) in [5.41, 5.74) is 0. The molecule has 1 atom stereocenters. The minimum atomic E-state index is 0.626. The predicted molar refractivity (Wildman–Crippen MR) is 71.1 cm³/mol. The Kier molecular flexibility index (Phi) is 6.36. The molecule has 0 radical (unpaired) electrons. The second-order valence-electron chi connectivity index (χ2n) is 4.72. The monoisotopic (exact) mass is 224 g/mol. The molecule has 1 unspecified atom stereocenters. The van der Waals surface area contributed by atoms with Crippen molar-refractivity contribution < 1.29 is 0 Å². The molecule has 1 aliphatic heterocycles. The first kappa shape index (κ1) is 13.4. The largest absolute Gasteiger partial charge is 0.356 e. The van der Waals surface area contributed by atoms with Crippen LogP contribution in [-0.4, -0.2) is 29.1 Å². The van der Waals surface area contributed by atoms with Gasteiger partial charge in [-0.2, -0.15) is 0 Å². The van der Waals surface area contributed by atoms with Gasteiger partial charge < -0.3 is 9.80 Å². The van der Waals surface area contributed by atoms with Gasteiger partial charge in [0.05, 0.1) is 0 Å². The van der Waals surface area contributed by atoms with Crippen LogP contribution in [0.25, 0.3) is 0 Å². The minimum Gasteiger partial charge on any atom is -0.356 e. The van der Waals surface area contributed by atoms with E-state index in [1.165, 1.54) is 51.6 Å². The van der Waals surface area contributed by atoms with Crippen molar-refractivity contribution in [2.75, 3.05) is 13.1 Å². The SMILES string of the molecule is CCCCCCN1C=CN(CCC)C1CC. The first-order chi connectivity index (χ1) is 7.83. The van der Waals surface area contributed by atoms with Crippen LogP contribution in [0.1, 0.15) is 59.3 Å². The molecule has 1 aliphatic rings. The van der Waals surface area contributed by atoms with Crippen LogP contribution in [-0.2, 0) is 0 Å². The highest BCUT2D eigenvalue weighted by Gasteiger charge is 2.22. The second-order valence-corrected chi connectivity index (χ2v) is 4.72. The summed E-state index contributed by atoms with van der Waals surface area (Å²) in [6.07, 6.45) is 13.1. The Balaban J connectivity index is 2.28. The third kappa shape index (κ3) is 3.73. The molecule has 0 bridgehead atoms. The molecular weight excluding hydrogens is 196 g/mol. The van der Waals surface area contributed by atoms with Crippen LogP contribution in [0.2, 0.25) is 0 Å². The summed E-state index contributed by atoms with van der Waals surface area (Å²) in [6, 6.07) is 0. The highest BCUT2D eigenvalue weighted by Crippen LogP contribution is 2.19. The third-order valence-corrected chi connectivity index (χ3v) is 3.33. The van der Waals surface area contributed by atoms with Crippen molar-refractivity contribution in [2.45, 2.75) is 65.5 Å². The lowest BCUT2D eigenvalue weighted by Gasteiger charge is -2.32. The molecule has 16 heavy (non-hydrogen) atoms. The molecule has 0 N–H and O–H groups in total. The number of unbranched alkanes of at least 4 members (excludes halogenated alkanes) is 3. The summed E-state index contributed by atoms with van der Waals surface area (Å²) in [7, 11) is 0. The first-order valence-corrected chi connectivity index (χ1v) is 7.03. The molecule has 0 aromatic rings. The highest BCUT2D eigenvalue weighted by molar-refractivity contribution is 4.96. The number of hydrogen-bond acceptors (Lipinski definition) is 2. The average molecular weight is 224 g/mol. The van der Waals surface area contributed by atoms with Gasteiger partial charge in [-0.1, -0.05) is 40.0 Å². The van der Waals surface area contributed by atoms with Crippen LogP contribution in [0.15, 0.2) is 12.4 Å². The molecule has 1 heterocycles. The Morgan fingerprint density at radius 1 is 0.812 bits per heavy atom. The first-order valence-electron chi connectivity index (χ1n) is 7.03. The quantitative estimate of drug-likeness (QED) is 0.579. The lowest BCUT2D eigenvalue weighted by Crippen LogP contribution is -2.38. The number of hydrogen-bond donors (Lipinski definition) is 0. The molecular formula is C14H28N2. The molecule has 0 aromatic carbocycles. The van der Waals surface area contributed by atoms with Gasteiger partial charge in [0.2, 0.25) is 0 Å². The van der Waals surface area contributed by atoms with E-state index in [4.69, 9.17) is 0 Å². The normalized spacial score (nSPS) is 19.8. The van der Waals surface area contributed by atoms with Crippen LogP contribution in [0.5, 0.6) is 0 Å². The van der Waals surface area contributed by atoms with Crippen LogP contribution in [0, 0.1) is 0 Å². The summed E-state index contributed by atoms with van der Waals surface area (Å²) in [6.45, 7) is 9.24. The fraction of sp³-hybridized carbons (Fsp3) is 0.857. The van der Waals surface area contributed by atoms with E-state index >= 15 is 0 Å². The maximum atomic E-state index is 2.52. The number of rotatable bonds is 8. The molecule has 0 spiro atoms. The fourth-order valence-corrected chi connectivity index (χ4v) is 2.46. The van der Waals surface area contributed by atoms with E-state index in [0.717, 1.165) is 0 Å². The number of nitrogens with zero attached hydrogens (tertiary/aromatic N) is 2. The zero-order valence-corrected chi connectivity index (χ0v) is 11.3. The van der Waals surface area contributed by atoms with Crippen LogP contribution in [0.3, 0.4) is 0 Å². The molecule has 2 nitrogen and oxygen atoms in total. The van der Waals surface area contributed by atoms with E-state index in [2.05, 4.69) is 43.0 Å². The van der Waals surface area contributed by atoms with E-state index in [9.17, 15) is 0 Å². The average Bonchev–Trinajstić information content (AvgIpc) is 2.67. The maximum Gasteiger partial charge on any atom is 0.100 e. The Bertz CT molecular complexity index is 201. The van der Waals surface area contributed by atoms with Crippen LogP contribution in [0.4, 0.5) is 0 Å². The topological polar surface area (TPSA) is 6.48 Å². The Morgan fingerprint density at radius 2 is 1.50 bits per heavy atom. The fourth-order valence-electron chi connectivity index (χ4n) is 2.46. The second kappa shape index (κ2) is 7.59. The molecule has 2 heteroatoms. The van der Waals surface area contributed by atoms with E-state index in [-0.39, 0.29) is 0 Å². The smallest absolute Gasteiger partial charge is 0.100 e. The Morgan fingerprint density at radius 3 is 2.06 bits per heavy atom. The maximum absolute atomic E-state index is 2.52. The molecule has 0 amide bonds. The summed E-state index contributed by atoms with van der Waals surface area (Å²) in [4.78, 5) is 5.01. The molecule has 0 saturated heterocycles. The molecule has 0 aromatic heterocycles. The van der Waals surface area contributed by atoms with Crippen molar-refractivity contribution in [3.8, 4) is 0 Å². The predicted octanol–water partition coefficient (Wildman–Crippen LogP) is 3.80. The molecule has 1 rings (SSSR count). The molecule has 0 aliphatic carbocycles. The Labute approximate surface area is 101 Å². The van der Waals surface area contributed by atoms with Crippen molar-refractivity contribution in [1.29, 1.82) is 0 Å². The summed E-state index contributed by atoms with van der Waals surface area (Å²) < 4.78 is 0. The zero-order valence-electron chi connectivity index (χ0n) is 11.3. The van der Waals surface area contributed by atoms with Crippen LogP contribution < -0.4 is 0 Å². The van der Waals surface area contributed by atoms with Crippen molar-refractivity contribution in [3.63, 3.8) is 0 Å².